The summed E-state index contributed by atoms with van der Waals surface area (Å²) in [5, 5.41) is 6.60. The summed E-state index contributed by atoms with van der Waals surface area (Å²) >= 11 is 1.35. The second-order valence-corrected chi connectivity index (χ2v) is 8.21. The molecule has 0 unspecified atom stereocenters. The molecule has 0 spiro atoms. The average molecular weight is 377 g/mol. The minimum Gasteiger partial charge on any atom is -0.352 e. The first-order valence-electron chi connectivity index (χ1n) is 8.90. The van der Waals surface area contributed by atoms with Crippen LogP contribution in [0.4, 0.5) is 0 Å². The van der Waals surface area contributed by atoms with Crippen LogP contribution in [0.2, 0.25) is 0 Å². The van der Waals surface area contributed by atoms with Gasteiger partial charge in [0.25, 0.3) is 0 Å². The predicted molar refractivity (Wildman–Crippen MR) is 106 cm³/mol. The molecule has 0 saturated heterocycles. The topological polar surface area (TPSA) is 76.0 Å². The van der Waals surface area contributed by atoms with E-state index in [0.717, 1.165) is 17.5 Å². The molecule has 1 aromatic carbocycles. The number of hydrogen-bond donors (Lipinski definition) is 2. The number of fused-ring (bicyclic) bond motifs is 1. The molecule has 0 saturated carbocycles. The number of amides is 2. The van der Waals surface area contributed by atoms with Crippen molar-refractivity contribution in [3.05, 3.63) is 24.3 Å². The number of benzene rings is 1. The van der Waals surface area contributed by atoms with Gasteiger partial charge >= 0.3 is 0 Å². The van der Waals surface area contributed by atoms with Crippen LogP contribution in [0.5, 0.6) is 0 Å². The monoisotopic (exact) mass is 376 g/mol. The van der Waals surface area contributed by atoms with Crippen LogP contribution in [-0.2, 0) is 16.1 Å². The van der Waals surface area contributed by atoms with Gasteiger partial charge in [-0.25, -0.2) is 4.98 Å². The smallest absolute Gasteiger partial charge is 0.240 e. The summed E-state index contributed by atoms with van der Waals surface area (Å²) in [5.41, 5.74) is 1.49. The normalized spacial score (nSPS) is 11.8. The molecule has 142 valence electrons. The maximum Gasteiger partial charge on any atom is 0.240 e. The molecule has 0 atom stereocenters. The molecule has 0 radical (unpaired) electrons. The molecule has 1 heterocycles. The minimum atomic E-state index is -0.227. The molecule has 2 aromatic rings. The molecule has 7 heteroatoms. The first kappa shape index (κ1) is 20.3. The van der Waals surface area contributed by atoms with Crippen molar-refractivity contribution in [3.8, 4) is 0 Å². The fourth-order valence-electron chi connectivity index (χ4n) is 2.46. The van der Waals surface area contributed by atoms with Crippen LogP contribution in [0.25, 0.3) is 11.0 Å². The number of thioether (sulfide) groups is 1. The van der Waals surface area contributed by atoms with Gasteiger partial charge in [-0.05, 0) is 46.2 Å². The van der Waals surface area contributed by atoms with Crippen LogP contribution in [-0.4, -0.2) is 38.7 Å². The van der Waals surface area contributed by atoms with Gasteiger partial charge in [0.05, 0.1) is 16.8 Å². The maximum atomic E-state index is 12.2. The number of para-hydroxylation sites is 2. The van der Waals surface area contributed by atoms with Gasteiger partial charge in [-0.3, -0.25) is 9.59 Å². The van der Waals surface area contributed by atoms with E-state index in [-0.39, 0.29) is 35.7 Å². The Bertz CT molecular complexity index is 783. The largest absolute Gasteiger partial charge is 0.352 e. The summed E-state index contributed by atoms with van der Waals surface area (Å²) in [6.07, 6.45) is 0.858. The number of carbonyl (C=O) groups is 2. The van der Waals surface area contributed by atoms with Gasteiger partial charge in [0.15, 0.2) is 5.16 Å². The minimum absolute atomic E-state index is 0.0351. The van der Waals surface area contributed by atoms with Gasteiger partial charge in [-0.2, -0.15) is 0 Å². The average Bonchev–Trinajstić information content (AvgIpc) is 2.89. The van der Waals surface area contributed by atoms with Crippen LogP contribution >= 0.6 is 11.8 Å². The molecule has 2 rings (SSSR count). The molecule has 0 fully saturated rings. The molecular formula is C19H28N4O2S. The van der Waals surface area contributed by atoms with Crippen molar-refractivity contribution in [2.24, 2.45) is 0 Å². The molecule has 0 aliphatic heterocycles. The Kier molecular flexibility index (Phi) is 6.69. The molecule has 0 aliphatic rings. The lowest BCUT2D eigenvalue weighted by Crippen LogP contribution is -2.43. The van der Waals surface area contributed by atoms with Gasteiger partial charge in [0, 0.05) is 11.6 Å². The number of aromatic nitrogens is 2. The highest BCUT2D eigenvalue weighted by Crippen LogP contribution is 2.24. The van der Waals surface area contributed by atoms with E-state index in [9.17, 15) is 9.59 Å². The van der Waals surface area contributed by atoms with E-state index in [1.165, 1.54) is 11.8 Å². The summed E-state index contributed by atoms with van der Waals surface area (Å²) in [7, 11) is 0. The number of rotatable bonds is 8. The highest BCUT2D eigenvalue weighted by molar-refractivity contribution is 7.99. The Morgan fingerprint density at radius 2 is 1.92 bits per heavy atom. The number of nitrogens with zero attached hydrogens (tertiary/aromatic N) is 2. The number of hydrogen-bond acceptors (Lipinski definition) is 4. The number of imidazole rings is 1. The lowest BCUT2D eigenvalue weighted by molar-refractivity contribution is -0.122. The zero-order valence-electron chi connectivity index (χ0n) is 16.1. The van der Waals surface area contributed by atoms with Crippen LogP contribution in [0.1, 0.15) is 41.0 Å². The van der Waals surface area contributed by atoms with E-state index in [0.29, 0.717) is 5.16 Å². The molecule has 26 heavy (non-hydrogen) atoms. The van der Waals surface area contributed by atoms with Gasteiger partial charge in [-0.1, -0.05) is 30.8 Å². The van der Waals surface area contributed by atoms with E-state index in [1.807, 2.05) is 63.5 Å². The van der Waals surface area contributed by atoms with E-state index in [1.54, 1.807) is 0 Å². The summed E-state index contributed by atoms with van der Waals surface area (Å²) in [5.74, 6) is 0.159. The third-order valence-corrected chi connectivity index (χ3v) is 5.04. The predicted octanol–water partition coefficient (Wildman–Crippen LogP) is 2.96. The highest BCUT2D eigenvalue weighted by Gasteiger charge is 2.20. The summed E-state index contributed by atoms with van der Waals surface area (Å²) in [6.45, 7) is 10.1. The number of carbonyl (C=O) groups excluding carboxylic acids is 2. The highest BCUT2D eigenvalue weighted by atomic mass is 32.2. The van der Waals surface area contributed by atoms with Gasteiger partial charge in [0.2, 0.25) is 11.8 Å². The van der Waals surface area contributed by atoms with Crippen LogP contribution < -0.4 is 10.6 Å². The van der Waals surface area contributed by atoms with Crippen molar-refractivity contribution in [1.82, 2.24) is 20.2 Å². The molecule has 2 N–H and O–H groups in total. The third-order valence-electron chi connectivity index (χ3n) is 4.06. The summed E-state index contributed by atoms with van der Waals surface area (Å²) in [6, 6.07) is 7.77. The zero-order valence-corrected chi connectivity index (χ0v) is 16.9. The molecule has 1 aromatic heterocycles. The SMILES string of the molecule is CCC(C)(C)NC(=O)CSc1nc2ccccc2n1CC(=O)NC(C)C. The Balaban J connectivity index is 2.17. The fourth-order valence-corrected chi connectivity index (χ4v) is 3.27. The first-order chi connectivity index (χ1) is 12.2. The third kappa shape index (κ3) is 5.49. The molecule has 0 bridgehead atoms. The van der Waals surface area contributed by atoms with Gasteiger partial charge in [-0.15, -0.1) is 0 Å². The van der Waals surface area contributed by atoms with E-state index >= 15 is 0 Å². The standard InChI is InChI=1S/C19H28N4O2S/c1-6-19(4,5)22-17(25)12-26-18-21-14-9-7-8-10-15(14)23(18)11-16(24)20-13(2)3/h7-10,13H,6,11-12H2,1-5H3,(H,20,24)(H,22,25). The Labute approximate surface area is 159 Å². The zero-order chi connectivity index (χ0) is 19.3. The lowest BCUT2D eigenvalue weighted by Gasteiger charge is -2.24. The Morgan fingerprint density at radius 1 is 1.23 bits per heavy atom. The lowest BCUT2D eigenvalue weighted by atomic mass is 10.0. The molecule has 0 aliphatic carbocycles. The van der Waals surface area contributed by atoms with Gasteiger partial charge in [0.1, 0.15) is 6.54 Å². The second-order valence-electron chi connectivity index (χ2n) is 7.27. The molecule has 2 amide bonds. The van der Waals surface area contributed by atoms with Crippen LogP contribution in [0.15, 0.2) is 29.4 Å². The molecular weight excluding hydrogens is 348 g/mol. The second kappa shape index (κ2) is 8.58. The van der Waals surface area contributed by atoms with Crippen molar-refractivity contribution < 1.29 is 9.59 Å². The van der Waals surface area contributed by atoms with Crippen molar-refractivity contribution in [2.75, 3.05) is 5.75 Å². The van der Waals surface area contributed by atoms with E-state index in [4.69, 9.17) is 0 Å². The van der Waals surface area contributed by atoms with E-state index in [2.05, 4.69) is 15.6 Å². The maximum absolute atomic E-state index is 12.2. The van der Waals surface area contributed by atoms with E-state index < -0.39 is 0 Å². The van der Waals surface area contributed by atoms with Crippen molar-refractivity contribution >= 4 is 34.6 Å². The van der Waals surface area contributed by atoms with Crippen molar-refractivity contribution in [1.29, 1.82) is 0 Å². The Hall–Kier alpha value is -2.02. The van der Waals surface area contributed by atoms with Crippen molar-refractivity contribution in [2.45, 2.75) is 64.3 Å². The molecule has 6 nitrogen and oxygen atoms in total. The number of nitrogens with one attached hydrogen (secondary N) is 2. The summed E-state index contributed by atoms with van der Waals surface area (Å²) < 4.78 is 1.87. The fraction of sp³-hybridized carbons (Fsp3) is 0.526. The quantitative estimate of drug-likeness (QED) is 0.695. The Morgan fingerprint density at radius 3 is 2.58 bits per heavy atom. The van der Waals surface area contributed by atoms with Gasteiger partial charge < -0.3 is 15.2 Å². The summed E-state index contributed by atoms with van der Waals surface area (Å²) in [4.78, 5) is 29.1. The first-order valence-corrected chi connectivity index (χ1v) is 9.89. The van der Waals surface area contributed by atoms with Crippen LogP contribution in [0.3, 0.4) is 0 Å². The van der Waals surface area contributed by atoms with Crippen LogP contribution in [0, 0.1) is 0 Å². The van der Waals surface area contributed by atoms with Crippen molar-refractivity contribution in [3.63, 3.8) is 0 Å².